The summed E-state index contributed by atoms with van der Waals surface area (Å²) in [6.45, 7) is 7.65. The summed E-state index contributed by atoms with van der Waals surface area (Å²) < 4.78 is 1.98. The highest BCUT2D eigenvalue weighted by molar-refractivity contribution is 7.99. The number of rotatable bonds is 7. The number of nitrogens with one attached hydrogen (secondary N) is 1. The van der Waals surface area contributed by atoms with Crippen LogP contribution in [0.15, 0.2) is 5.16 Å². The van der Waals surface area contributed by atoms with Gasteiger partial charge in [-0.05, 0) is 35.7 Å². The molecule has 5 nitrogen and oxygen atoms in total. The van der Waals surface area contributed by atoms with Crippen molar-refractivity contribution in [1.29, 1.82) is 0 Å². The number of nitrogens with zero attached hydrogens (tertiary/aromatic N) is 4. The summed E-state index contributed by atoms with van der Waals surface area (Å²) in [4.78, 5) is 0. The maximum Gasteiger partial charge on any atom is 0.209 e. The number of hydrogen-bond donors (Lipinski definition) is 1. The summed E-state index contributed by atoms with van der Waals surface area (Å²) >= 11 is 1.76. The van der Waals surface area contributed by atoms with Crippen LogP contribution in [0.3, 0.4) is 0 Å². The number of aromatic nitrogens is 4. The molecular formula is C11H21N5S. The second-order valence-corrected chi connectivity index (χ2v) is 5.84. The standard InChI is InChI=1S/C11H21N5S/c1-4-12-10(8(2)3)7-17-11-13-14-15-16(11)9-5-6-9/h8-10,12H,4-7H2,1-3H3. The summed E-state index contributed by atoms with van der Waals surface area (Å²) in [5, 5.41) is 16.4. The van der Waals surface area contributed by atoms with Gasteiger partial charge in [0.05, 0.1) is 6.04 Å². The third-order valence-electron chi connectivity index (χ3n) is 3.02. The van der Waals surface area contributed by atoms with Crippen LogP contribution in [0.5, 0.6) is 0 Å². The van der Waals surface area contributed by atoms with Crippen molar-refractivity contribution >= 4 is 11.8 Å². The van der Waals surface area contributed by atoms with E-state index in [0.717, 1.165) is 17.5 Å². The number of tetrazole rings is 1. The van der Waals surface area contributed by atoms with Gasteiger partial charge in [0, 0.05) is 11.8 Å². The Morgan fingerprint density at radius 3 is 2.82 bits per heavy atom. The van der Waals surface area contributed by atoms with Crippen LogP contribution in [0, 0.1) is 5.92 Å². The van der Waals surface area contributed by atoms with E-state index in [0.29, 0.717) is 18.0 Å². The first kappa shape index (κ1) is 12.8. The monoisotopic (exact) mass is 255 g/mol. The Hall–Kier alpha value is -0.620. The van der Waals surface area contributed by atoms with E-state index in [1.807, 2.05) is 4.68 Å². The Morgan fingerprint density at radius 1 is 1.47 bits per heavy atom. The summed E-state index contributed by atoms with van der Waals surface area (Å²) in [6.07, 6.45) is 2.44. The predicted octanol–water partition coefficient (Wildman–Crippen LogP) is 1.73. The lowest BCUT2D eigenvalue weighted by molar-refractivity contribution is 0.443. The third-order valence-corrected chi connectivity index (χ3v) is 4.07. The smallest absolute Gasteiger partial charge is 0.209 e. The topological polar surface area (TPSA) is 55.6 Å². The van der Waals surface area contributed by atoms with Crippen molar-refractivity contribution in [3.8, 4) is 0 Å². The Morgan fingerprint density at radius 2 is 2.24 bits per heavy atom. The quantitative estimate of drug-likeness (QED) is 0.752. The fraction of sp³-hybridized carbons (Fsp3) is 0.909. The van der Waals surface area contributed by atoms with Gasteiger partial charge in [0.1, 0.15) is 0 Å². The summed E-state index contributed by atoms with van der Waals surface area (Å²) in [7, 11) is 0. The van der Waals surface area contributed by atoms with Gasteiger partial charge in [0.25, 0.3) is 0 Å². The first-order chi connectivity index (χ1) is 8.22. The lowest BCUT2D eigenvalue weighted by Gasteiger charge is -2.20. The second-order valence-electron chi connectivity index (χ2n) is 4.86. The minimum absolute atomic E-state index is 0.523. The third kappa shape index (κ3) is 3.42. The van der Waals surface area contributed by atoms with Crippen molar-refractivity contribution in [3.05, 3.63) is 0 Å². The van der Waals surface area contributed by atoms with Gasteiger partial charge >= 0.3 is 0 Å². The lowest BCUT2D eigenvalue weighted by Crippen LogP contribution is -2.35. The molecule has 1 saturated carbocycles. The Kier molecular flexibility index (Phi) is 4.39. The molecule has 96 valence electrons. The maximum absolute atomic E-state index is 4.11. The average Bonchev–Trinajstić information content (AvgIpc) is 3.04. The van der Waals surface area contributed by atoms with Crippen LogP contribution in [0.25, 0.3) is 0 Å². The molecule has 0 saturated heterocycles. The van der Waals surface area contributed by atoms with Crippen LogP contribution in [-0.4, -0.2) is 38.5 Å². The van der Waals surface area contributed by atoms with Crippen LogP contribution in [0.1, 0.15) is 39.7 Å². The van der Waals surface area contributed by atoms with Gasteiger partial charge in [-0.3, -0.25) is 0 Å². The predicted molar refractivity (Wildman–Crippen MR) is 69.1 cm³/mol. The minimum Gasteiger partial charge on any atom is -0.313 e. The molecule has 0 aliphatic heterocycles. The first-order valence-corrected chi connectivity index (χ1v) is 7.35. The van der Waals surface area contributed by atoms with Gasteiger partial charge < -0.3 is 5.32 Å². The molecular weight excluding hydrogens is 234 g/mol. The normalized spacial score (nSPS) is 17.6. The van der Waals surface area contributed by atoms with Crippen molar-refractivity contribution in [2.45, 2.75) is 50.9 Å². The summed E-state index contributed by atoms with van der Waals surface area (Å²) in [6, 6.07) is 1.08. The molecule has 1 aliphatic carbocycles. The molecule has 0 spiro atoms. The molecule has 0 bridgehead atoms. The highest BCUT2D eigenvalue weighted by Crippen LogP contribution is 2.36. The molecule has 1 fully saturated rings. The molecule has 0 radical (unpaired) electrons. The molecule has 1 heterocycles. The van der Waals surface area contributed by atoms with E-state index in [9.17, 15) is 0 Å². The van der Waals surface area contributed by atoms with E-state index >= 15 is 0 Å². The maximum atomic E-state index is 4.11. The number of thioether (sulfide) groups is 1. The van der Waals surface area contributed by atoms with E-state index < -0.39 is 0 Å². The molecule has 1 aliphatic rings. The molecule has 1 unspecified atom stereocenters. The Bertz CT molecular complexity index is 347. The Labute approximate surface area is 107 Å². The SMILES string of the molecule is CCNC(CSc1nnnn1C1CC1)C(C)C. The van der Waals surface area contributed by atoms with Gasteiger partial charge in [-0.25, -0.2) is 4.68 Å². The van der Waals surface area contributed by atoms with E-state index in [-0.39, 0.29) is 0 Å². The van der Waals surface area contributed by atoms with Crippen LogP contribution >= 0.6 is 11.8 Å². The summed E-state index contributed by atoms with van der Waals surface area (Å²) in [5.41, 5.74) is 0. The molecule has 1 atom stereocenters. The fourth-order valence-corrected chi connectivity index (χ4v) is 2.99. The van der Waals surface area contributed by atoms with Crippen molar-refractivity contribution in [1.82, 2.24) is 25.5 Å². The van der Waals surface area contributed by atoms with Crippen molar-refractivity contribution in [2.75, 3.05) is 12.3 Å². The van der Waals surface area contributed by atoms with Gasteiger partial charge in [-0.15, -0.1) is 5.10 Å². The molecule has 1 aromatic rings. The van der Waals surface area contributed by atoms with E-state index in [1.54, 1.807) is 11.8 Å². The van der Waals surface area contributed by atoms with E-state index in [1.165, 1.54) is 12.8 Å². The highest BCUT2D eigenvalue weighted by Gasteiger charge is 2.28. The summed E-state index contributed by atoms with van der Waals surface area (Å²) in [5.74, 6) is 1.66. The Balaban J connectivity index is 1.89. The molecule has 6 heteroatoms. The van der Waals surface area contributed by atoms with Crippen molar-refractivity contribution in [3.63, 3.8) is 0 Å². The minimum atomic E-state index is 0.523. The van der Waals surface area contributed by atoms with E-state index in [4.69, 9.17) is 0 Å². The number of hydrogen-bond acceptors (Lipinski definition) is 5. The van der Waals surface area contributed by atoms with Crippen molar-refractivity contribution in [2.24, 2.45) is 5.92 Å². The highest BCUT2D eigenvalue weighted by atomic mass is 32.2. The molecule has 2 rings (SSSR count). The fourth-order valence-electron chi connectivity index (χ4n) is 1.74. The van der Waals surface area contributed by atoms with Crippen LogP contribution in [-0.2, 0) is 0 Å². The molecule has 17 heavy (non-hydrogen) atoms. The van der Waals surface area contributed by atoms with Crippen LogP contribution in [0.2, 0.25) is 0 Å². The molecule has 0 aromatic carbocycles. The lowest BCUT2D eigenvalue weighted by atomic mass is 10.1. The van der Waals surface area contributed by atoms with Crippen LogP contribution < -0.4 is 5.32 Å². The van der Waals surface area contributed by atoms with Gasteiger partial charge in [0.15, 0.2) is 0 Å². The zero-order valence-corrected chi connectivity index (χ0v) is 11.6. The van der Waals surface area contributed by atoms with Gasteiger partial charge in [0.2, 0.25) is 5.16 Å². The largest absolute Gasteiger partial charge is 0.313 e. The van der Waals surface area contributed by atoms with E-state index in [2.05, 4.69) is 41.6 Å². The zero-order valence-electron chi connectivity index (χ0n) is 10.8. The second kappa shape index (κ2) is 5.82. The molecule has 0 amide bonds. The molecule has 1 N–H and O–H groups in total. The zero-order chi connectivity index (χ0) is 12.3. The van der Waals surface area contributed by atoms with Crippen molar-refractivity contribution < 1.29 is 0 Å². The van der Waals surface area contributed by atoms with Gasteiger partial charge in [-0.2, -0.15) is 0 Å². The first-order valence-electron chi connectivity index (χ1n) is 6.36. The average molecular weight is 255 g/mol. The molecule has 1 aromatic heterocycles. The van der Waals surface area contributed by atoms with Crippen LogP contribution in [0.4, 0.5) is 0 Å². The van der Waals surface area contributed by atoms with Gasteiger partial charge in [-0.1, -0.05) is 32.5 Å².